The number of hydrogen-bond donors (Lipinski definition) is 0. The molecule has 0 bridgehead atoms. The first-order valence-corrected chi connectivity index (χ1v) is 6.45. The zero-order valence-electron chi connectivity index (χ0n) is 11.3. The molecule has 0 aliphatic carbocycles. The molecule has 0 aliphatic rings. The van der Waals surface area contributed by atoms with Crippen molar-refractivity contribution in [3.63, 3.8) is 0 Å². The molecule has 17 heavy (non-hydrogen) atoms. The highest BCUT2D eigenvalue weighted by atomic mass is 14.0. The molecule has 0 saturated carbocycles. The molecule has 2 rings (SSSR count). The van der Waals surface area contributed by atoms with Crippen molar-refractivity contribution >= 4 is 0 Å². The van der Waals surface area contributed by atoms with E-state index in [1.807, 2.05) is 13.8 Å². The van der Waals surface area contributed by atoms with Gasteiger partial charge in [0.05, 0.1) is 0 Å². The van der Waals surface area contributed by atoms with Crippen LogP contribution in [-0.2, 0) is 6.42 Å². The van der Waals surface area contributed by atoms with E-state index >= 15 is 0 Å². The van der Waals surface area contributed by atoms with Crippen LogP contribution in [0.25, 0.3) is 11.1 Å². The Morgan fingerprint density at radius 2 is 1.41 bits per heavy atom. The Bertz CT molecular complexity index is 455. The highest BCUT2D eigenvalue weighted by Gasteiger charge is 1.98. The molecular weight excluding hydrogens is 204 g/mol. The van der Waals surface area contributed by atoms with Crippen LogP contribution in [0.3, 0.4) is 0 Å². The van der Waals surface area contributed by atoms with Gasteiger partial charge in [0.25, 0.3) is 0 Å². The molecule has 2 aromatic rings. The second kappa shape index (κ2) is 6.90. The van der Waals surface area contributed by atoms with Crippen LogP contribution in [0, 0.1) is 6.92 Å². The Morgan fingerprint density at radius 1 is 0.824 bits per heavy atom. The van der Waals surface area contributed by atoms with Crippen molar-refractivity contribution in [3.8, 4) is 11.1 Å². The van der Waals surface area contributed by atoms with E-state index in [-0.39, 0.29) is 0 Å². The maximum Gasteiger partial charge on any atom is -0.0181 e. The predicted molar refractivity (Wildman–Crippen MR) is 77.3 cm³/mol. The summed E-state index contributed by atoms with van der Waals surface area (Å²) in [7, 11) is 0. The summed E-state index contributed by atoms with van der Waals surface area (Å²) in [6.07, 6.45) is 1.10. The Morgan fingerprint density at radius 3 is 2.00 bits per heavy atom. The summed E-state index contributed by atoms with van der Waals surface area (Å²) < 4.78 is 0. The predicted octanol–water partition coefficient (Wildman–Crippen LogP) is 5.25. The van der Waals surface area contributed by atoms with E-state index in [9.17, 15) is 0 Å². The molecular formula is C17H22. The van der Waals surface area contributed by atoms with Gasteiger partial charge in [-0.25, -0.2) is 0 Å². The smallest absolute Gasteiger partial charge is 0.0181 e. The van der Waals surface area contributed by atoms with Gasteiger partial charge in [-0.1, -0.05) is 74.9 Å². The molecule has 0 amide bonds. The van der Waals surface area contributed by atoms with Gasteiger partial charge in [-0.15, -0.1) is 0 Å². The molecule has 0 fully saturated rings. The molecule has 0 aromatic heterocycles. The quantitative estimate of drug-likeness (QED) is 0.656. The number of aryl methyl sites for hydroxylation is 2. The van der Waals surface area contributed by atoms with Gasteiger partial charge >= 0.3 is 0 Å². The van der Waals surface area contributed by atoms with Crippen LogP contribution in [-0.4, -0.2) is 0 Å². The molecule has 0 atom stereocenters. The third-order valence-corrected chi connectivity index (χ3v) is 2.69. The van der Waals surface area contributed by atoms with Gasteiger partial charge in [0.15, 0.2) is 0 Å². The molecule has 0 heterocycles. The third-order valence-electron chi connectivity index (χ3n) is 2.69. The summed E-state index contributed by atoms with van der Waals surface area (Å²) in [5, 5.41) is 0. The van der Waals surface area contributed by atoms with Crippen molar-refractivity contribution in [2.24, 2.45) is 0 Å². The molecule has 0 radical (unpaired) electrons. The van der Waals surface area contributed by atoms with Crippen LogP contribution in [0.4, 0.5) is 0 Å². The highest BCUT2D eigenvalue weighted by Crippen LogP contribution is 2.21. The Hall–Kier alpha value is -1.56. The lowest BCUT2D eigenvalue weighted by Gasteiger charge is -2.04. The van der Waals surface area contributed by atoms with Crippen LogP contribution in [0.2, 0.25) is 0 Å². The monoisotopic (exact) mass is 226 g/mol. The second-order valence-corrected chi connectivity index (χ2v) is 3.92. The maximum atomic E-state index is 2.27. The van der Waals surface area contributed by atoms with Gasteiger partial charge in [-0.3, -0.25) is 0 Å². The zero-order chi connectivity index (χ0) is 12.7. The highest BCUT2D eigenvalue weighted by molar-refractivity contribution is 5.64. The average molecular weight is 226 g/mol. The van der Waals surface area contributed by atoms with Gasteiger partial charge in [0.1, 0.15) is 0 Å². The first-order chi connectivity index (χ1) is 8.29. The standard InChI is InChI=1S/C15H16.C2H6/c1-3-13-7-5-9-15(11-13)14-8-4-6-12(2)10-14;1-2/h4-11H,3H2,1-2H3;1-2H3. The number of benzene rings is 2. The van der Waals surface area contributed by atoms with Gasteiger partial charge in [0.2, 0.25) is 0 Å². The average Bonchev–Trinajstić information content (AvgIpc) is 2.41. The van der Waals surface area contributed by atoms with E-state index in [1.165, 1.54) is 22.3 Å². The Kier molecular flexibility index (Phi) is 5.48. The molecule has 0 heteroatoms. The summed E-state index contributed by atoms with van der Waals surface area (Å²) >= 11 is 0. The zero-order valence-corrected chi connectivity index (χ0v) is 11.3. The summed E-state index contributed by atoms with van der Waals surface area (Å²) in [4.78, 5) is 0. The number of rotatable bonds is 2. The van der Waals surface area contributed by atoms with Crippen LogP contribution in [0.1, 0.15) is 31.9 Å². The topological polar surface area (TPSA) is 0 Å². The Balaban J connectivity index is 0.000000686. The largest absolute Gasteiger partial charge is 0.0683 e. The van der Waals surface area contributed by atoms with Crippen LogP contribution >= 0.6 is 0 Å². The molecule has 0 nitrogen and oxygen atoms in total. The fourth-order valence-corrected chi connectivity index (χ4v) is 1.80. The van der Waals surface area contributed by atoms with Crippen molar-refractivity contribution in [1.29, 1.82) is 0 Å². The van der Waals surface area contributed by atoms with Crippen LogP contribution in [0.5, 0.6) is 0 Å². The third kappa shape index (κ3) is 3.74. The number of hydrogen-bond acceptors (Lipinski definition) is 0. The fourth-order valence-electron chi connectivity index (χ4n) is 1.80. The molecule has 0 saturated heterocycles. The van der Waals surface area contributed by atoms with Crippen LogP contribution in [0.15, 0.2) is 48.5 Å². The van der Waals surface area contributed by atoms with E-state index < -0.39 is 0 Å². The first kappa shape index (κ1) is 13.5. The summed E-state index contributed by atoms with van der Waals surface area (Å²) in [5.74, 6) is 0. The van der Waals surface area contributed by atoms with Gasteiger partial charge < -0.3 is 0 Å². The van der Waals surface area contributed by atoms with E-state index in [0.29, 0.717) is 0 Å². The summed E-state index contributed by atoms with van der Waals surface area (Å²) in [6, 6.07) is 17.4. The first-order valence-electron chi connectivity index (χ1n) is 6.45. The minimum atomic E-state index is 1.10. The minimum Gasteiger partial charge on any atom is -0.0683 e. The van der Waals surface area contributed by atoms with Crippen molar-refractivity contribution < 1.29 is 0 Å². The fraction of sp³-hybridized carbons (Fsp3) is 0.294. The van der Waals surface area contributed by atoms with Crippen LogP contribution < -0.4 is 0 Å². The van der Waals surface area contributed by atoms with E-state index in [4.69, 9.17) is 0 Å². The SMILES string of the molecule is CC.CCc1cccc(-c2cccc(C)c2)c1. The summed E-state index contributed by atoms with van der Waals surface area (Å²) in [5.41, 5.74) is 5.34. The lowest BCUT2D eigenvalue weighted by molar-refractivity contribution is 1.14. The summed E-state index contributed by atoms with van der Waals surface area (Å²) in [6.45, 7) is 8.32. The minimum absolute atomic E-state index is 1.10. The lowest BCUT2D eigenvalue weighted by atomic mass is 10.0. The Labute approximate surface area is 105 Å². The molecule has 90 valence electrons. The van der Waals surface area contributed by atoms with E-state index in [2.05, 4.69) is 62.4 Å². The van der Waals surface area contributed by atoms with Crippen molar-refractivity contribution in [3.05, 3.63) is 59.7 Å². The molecule has 0 spiro atoms. The molecule has 0 N–H and O–H groups in total. The lowest BCUT2D eigenvalue weighted by Crippen LogP contribution is -1.83. The molecule has 0 unspecified atom stereocenters. The van der Waals surface area contributed by atoms with Gasteiger partial charge in [-0.05, 0) is 30.0 Å². The van der Waals surface area contributed by atoms with Crippen molar-refractivity contribution in [1.82, 2.24) is 0 Å². The van der Waals surface area contributed by atoms with E-state index in [1.54, 1.807) is 0 Å². The van der Waals surface area contributed by atoms with E-state index in [0.717, 1.165) is 6.42 Å². The maximum absolute atomic E-state index is 2.27. The van der Waals surface area contributed by atoms with Gasteiger partial charge in [0, 0.05) is 0 Å². The molecule has 0 aliphatic heterocycles. The van der Waals surface area contributed by atoms with Gasteiger partial charge in [-0.2, -0.15) is 0 Å². The molecule has 2 aromatic carbocycles. The normalized spacial score (nSPS) is 9.41. The van der Waals surface area contributed by atoms with Crippen molar-refractivity contribution in [2.75, 3.05) is 0 Å². The second-order valence-electron chi connectivity index (χ2n) is 3.92. The van der Waals surface area contributed by atoms with Crippen molar-refractivity contribution in [2.45, 2.75) is 34.1 Å².